The number of aromatic hydroxyl groups is 1. The monoisotopic (exact) mass is 376 g/mol. The van der Waals surface area contributed by atoms with Crippen LogP contribution in [0, 0.1) is 0 Å². The minimum atomic E-state index is 0.143. The zero-order valence-electron chi connectivity index (χ0n) is 16.2. The van der Waals surface area contributed by atoms with Gasteiger partial charge in [0.15, 0.2) is 34.9 Å². The lowest BCUT2D eigenvalue weighted by Crippen LogP contribution is -2.32. The molecule has 0 bridgehead atoms. The molecule has 142 valence electrons. The number of hydrogen-bond acceptors (Lipinski definition) is 4. The molecule has 0 aliphatic carbocycles. The lowest BCUT2D eigenvalue weighted by molar-refractivity contribution is -0.689. The van der Waals surface area contributed by atoms with Gasteiger partial charge in [0.25, 0.3) is 0 Å². The molecular formula is C23H22NO4+. The van der Waals surface area contributed by atoms with E-state index in [1.54, 1.807) is 27.4 Å². The molecule has 1 aromatic heterocycles. The standard InChI is InChI=1S/C23H21NO4/c1-26-21-9-16-15(8-20(21)25)14-7-13-5-4-6-24(13)12-19(14)18-11-23(28-3)22(27-2)10-17(16)18/h7-12H,4-6H2,1-3H3/p+1. The molecule has 1 N–H and O–H groups in total. The van der Waals surface area contributed by atoms with Crippen LogP contribution in [0.2, 0.25) is 0 Å². The number of pyridine rings is 1. The van der Waals surface area contributed by atoms with Gasteiger partial charge in [0.05, 0.1) is 26.7 Å². The van der Waals surface area contributed by atoms with E-state index in [4.69, 9.17) is 14.2 Å². The van der Waals surface area contributed by atoms with Crippen LogP contribution < -0.4 is 18.8 Å². The number of aromatic nitrogens is 1. The average molecular weight is 376 g/mol. The molecule has 5 nitrogen and oxygen atoms in total. The largest absolute Gasteiger partial charge is 0.504 e. The molecule has 1 aliphatic rings. The summed E-state index contributed by atoms with van der Waals surface area (Å²) in [5.74, 6) is 1.98. The van der Waals surface area contributed by atoms with E-state index < -0.39 is 0 Å². The van der Waals surface area contributed by atoms with Gasteiger partial charge in [0.2, 0.25) is 0 Å². The molecule has 5 rings (SSSR count). The van der Waals surface area contributed by atoms with Crippen LogP contribution in [-0.2, 0) is 13.0 Å². The second-order valence-corrected chi connectivity index (χ2v) is 7.21. The van der Waals surface area contributed by atoms with Crippen molar-refractivity contribution < 1.29 is 23.9 Å². The van der Waals surface area contributed by atoms with Gasteiger partial charge in [-0.15, -0.1) is 0 Å². The molecule has 0 spiro atoms. The molecule has 0 radical (unpaired) electrons. The van der Waals surface area contributed by atoms with Crippen LogP contribution in [0.25, 0.3) is 32.3 Å². The van der Waals surface area contributed by atoms with Crippen molar-refractivity contribution in [2.75, 3.05) is 21.3 Å². The third kappa shape index (κ3) is 2.29. The lowest BCUT2D eigenvalue weighted by Gasteiger charge is -2.15. The van der Waals surface area contributed by atoms with Gasteiger partial charge in [-0.25, -0.2) is 4.57 Å². The van der Waals surface area contributed by atoms with Gasteiger partial charge in [-0.05, 0) is 40.4 Å². The van der Waals surface area contributed by atoms with Crippen molar-refractivity contribution in [3.05, 3.63) is 42.2 Å². The molecule has 4 aromatic rings. The van der Waals surface area contributed by atoms with E-state index in [0.717, 1.165) is 51.7 Å². The summed E-state index contributed by atoms with van der Waals surface area (Å²) in [4.78, 5) is 0. The highest BCUT2D eigenvalue weighted by Gasteiger charge is 2.23. The molecular weight excluding hydrogens is 354 g/mol. The number of hydrogen-bond donors (Lipinski definition) is 1. The van der Waals surface area contributed by atoms with E-state index in [9.17, 15) is 5.11 Å². The summed E-state index contributed by atoms with van der Waals surface area (Å²) in [5.41, 5.74) is 1.32. The predicted octanol–water partition coefficient (Wildman–Crippen LogP) is 4.11. The third-order valence-electron chi connectivity index (χ3n) is 5.80. The highest BCUT2D eigenvalue weighted by Crippen LogP contribution is 2.43. The maximum atomic E-state index is 10.4. The number of phenolic OH excluding ortho intramolecular Hbond substituents is 1. The van der Waals surface area contributed by atoms with E-state index in [-0.39, 0.29) is 5.75 Å². The Balaban J connectivity index is 2.04. The van der Waals surface area contributed by atoms with Crippen LogP contribution >= 0.6 is 0 Å². The molecule has 2 heterocycles. The summed E-state index contributed by atoms with van der Waals surface area (Å²) < 4.78 is 18.8. The van der Waals surface area contributed by atoms with Gasteiger partial charge < -0.3 is 19.3 Å². The Morgan fingerprint density at radius 2 is 1.25 bits per heavy atom. The van der Waals surface area contributed by atoms with Gasteiger partial charge in [-0.1, -0.05) is 0 Å². The summed E-state index contributed by atoms with van der Waals surface area (Å²) in [7, 11) is 4.86. The number of methoxy groups -OCH3 is 3. The number of rotatable bonds is 3. The van der Waals surface area contributed by atoms with Crippen molar-refractivity contribution >= 4 is 32.3 Å². The summed E-state index contributed by atoms with van der Waals surface area (Å²) >= 11 is 0. The van der Waals surface area contributed by atoms with Gasteiger partial charge in [0.1, 0.15) is 6.54 Å². The number of aryl methyl sites for hydroxylation is 2. The third-order valence-corrected chi connectivity index (χ3v) is 5.80. The SMILES string of the molecule is COc1cc2c(cc1O)c1cc3[n+](cc1c1cc(OC)c(OC)cc21)CCC3. The first kappa shape index (κ1) is 16.9. The Bertz CT molecular complexity index is 1240. The first-order valence-electron chi connectivity index (χ1n) is 9.39. The van der Waals surface area contributed by atoms with Crippen molar-refractivity contribution in [3.8, 4) is 23.0 Å². The number of benzene rings is 3. The van der Waals surface area contributed by atoms with Crippen LogP contribution in [0.15, 0.2) is 36.5 Å². The Labute approximate surface area is 162 Å². The van der Waals surface area contributed by atoms with Crippen molar-refractivity contribution in [1.29, 1.82) is 0 Å². The number of ether oxygens (including phenoxy) is 3. The first-order valence-corrected chi connectivity index (χ1v) is 9.39. The quantitative estimate of drug-likeness (QED) is 0.432. The second-order valence-electron chi connectivity index (χ2n) is 7.21. The lowest BCUT2D eigenvalue weighted by atomic mass is 9.94. The van der Waals surface area contributed by atoms with Gasteiger partial charge in [0, 0.05) is 29.7 Å². The van der Waals surface area contributed by atoms with E-state index in [1.807, 2.05) is 18.2 Å². The van der Waals surface area contributed by atoms with Gasteiger partial charge >= 0.3 is 0 Å². The fourth-order valence-corrected chi connectivity index (χ4v) is 4.43. The normalized spacial score (nSPS) is 13.2. The zero-order valence-corrected chi connectivity index (χ0v) is 16.2. The summed E-state index contributed by atoms with van der Waals surface area (Å²) in [6.07, 6.45) is 4.46. The van der Waals surface area contributed by atoms with Gasteiger partial charge in [-0.2, -0.15) is 0 Å². The highest BCUT2D eigenvalue weighted by atomic mass is 16.5. The van der Waals surface area contributed by atoms with E-state index >= 15 is 0 Å². The number of nitrogens with zero attached hydrogens (tertiary/aromatic N) is 1. The van der Waals surface area contributed by atoms with Crippen LogP contribution in [-0.4, -0.2) is 26.4 Å². The Hall–Kier alpha value is -3.21. The van der Waals surface area contributed by atoms with E-state index in [2.05, 4.69) is 16.8 Å². The Kier molecular flexibility index (Phi) is 3.72. The van der Waals surface area contributed by atoms with Crippen molar-refractivity contribution in [2.24, 2.45) is 0 Å². The van der Waals surface area contributed by atoms with Crippen molar-refractivity contribution in [1.82, 2.24) is 0 Å². The summed E-state index contributed by atoms with van der Waals surface area (Å²) in [6, 6.07) is 10.0. The van der Waals surface area contributed by atoms with Crippen molar-refractivity contribution in [3.63, 3.8) is 0 Å². The molecule has 0 unspecified atom stereocenters. The smallest absolute Gasteiger partial charge is 0.182 e. The van der Waals surface area contributed by atoms with E-state index in [1.165, 1.54) is 5.69 Å². The molecule has 1 aliphatic heterocycles. The minimum absolute atomic E-state index is 0.143. The fourth-order valence-electron chi connectivity index (χ4n) is 4.43. The topological polar surface area (TPSA) is 51.8 Å². The van der Waals surface area contributed by atoms with Crippen LogP contribution in [0.4, 0.5) is 0 Å². The maximum Gasteiger partial charge on any atom is 0.182 e. The predicted molar refractivity (Wildman–Crippen MR) is 109 cm³/mol. The molecule has 0 saturated heterocycles. The molecule has 0 fully saturated rings. The summed E-state index contributed by atoms with van der Waals surface area (Å²) in [6.45, 7) is 1.03. The zero-order chi connectivity index (χ0) is 19.4. The summed E-state index contributed by atoms with van der Waals surface area (Å²) in [5, 5.41) is 16.9. The molecule has 28 heavy (non-hydrogen) atoms. The fraction of sp³-hybridized carbons (Fsp3) is 0.261. The highest BCUT2D eigenvalue weighted by molar-refractivity contribution is 6.26. The molecule has 5 heteroatoms. The second kappa shape index (κ2) is 6.16. The van der Waals surface area contributed by atoms with Crippen LogP contribution in [0.3, 0.4) is 0 Å². The van der Waals surface area contributed by atoms with Crippen LogP contribution in [0.1, 0.15) is 12.1 Å². The maximum absolute atomic E-state index is 10.4. The molecule has 3 aromatic carbocycles. The number of phenols is 1. The molecule has 0 amide bonds. The van der Waals surface area contributed by atoms with Crippen molar-refractivity contribution in [2.45, 2.75) is 19.4 Å². The van der Waals surface area contributed by atoms with Gasteiger partial charge in [-0.3, -0.25) is 0 Å². The Morgan fingerprint density at radius 1 is 0.714 bits per heavy atom. The number of fused-ring (bicyclic) bond motifs is 7. The molecule has 0 saturated carbocycles. The first-order chi connectivity index (χ1) is 13.6. The average Bonchev–Trinajstić information content (AvgIpc) is 3.18. The Morgan fingerprint density at radius 3 is 1.89 bits per heavy atom. The van der Waals surface area contributed by atoms with Crippen LogP contribution in [0.5, 0.6) is 23.0 Å². The molecule has 0 atom stereocenters. The minimum Gasteiger partial charge on any atom is -0.504 e. The van der Waals surface area contributed by atoms with E-state index in [0.29, 0.717) is 17.2 Å².